The highest BCUT2D eigenvalue weighted by Gasteiger charge is 2.22. The first-order valence-electron chi connectivity index (χ1n) is 9.08. The zero-order chi connectivity index (χ0) is 18.5. The number of hydrogen-bond donors (Lipinski definition) is 1. The number of piperazine rings is 1. The highest BCUT2D eigenvalue weighted by atomic mass is 127. The third-order valence-electron chi connectivity index (χ3n) is 4.91. The van der Waals surface area contributed by atoms with Crippen LogP contribution in [0.25, 0.3) is 0 Å². The second-order valence-electron chi connectivity index (χ2n) is 6.82. The molecule has 1 unspecified atom stereocenters. The lowest BCUT2D eigenvalue weighted by atomic mass is 10.00. The van der Waals surface area contributed by atoms with Crippen LogP contribution < -0.4 is 5.32 Å². The summed E-state index contributed by atoms with van der Waals surface area (Å²) in [5, 5.41) is 11.5. The van der Waals surface area contributed by atoms with E-state index < -0.39 is 0 Å². The normalized spacial score (nSPS) is 16.9. The standard InChI is InChI=1S/C18H28N6O2.HI/c1-13(17-14(2)21-26-15(17)3)11-20-18(19-4)24-8-6-23(7-9-24)12-16-5-10-25-22-16;/h5,10,13H,6-9,11-12H2,1-4H3,(H,19,20);1H. The Balaban J connectivity index is 0.00000261. The van der Waals surface area contributed by atoms with Crippen LogP contribution in [0.3, 0.4) is 0 Å². The lowest BCUT2D eigenvalue weighted by molar-refractivity contribution is 0.169. The summed E-state index contributed by atoms with van der Waals surface area (Å²) >= 11 is 0. The van der Waals surface area contributed by atoms with Crippen molar-refractivity contribution in [1.29, 1.82) is 0 Å². The van der Waals surface area contributed by atoms with Gasteiger partial charge in [0.2, 0.25) is 0 Å². The summed E-state index contributed by atoms with van der Waals surface area (Å²) in [5.74, 6) is 2.16. The second kappa shape index (κ2) is 10.1. The van der Waals surface area contributed by atoms with Crippen LogP contribution >= 0.6 is 24.0 Å². The molecule has 9 heteroatoms. The fraction of sp³-hybridized carbons (Fsp3) is 0.611. The van der Waals surface area contributed by atoms with Crippen molar-refractivity contribution < 1.29 is 9.05 Å². The van der Waals surface area contributed by atoms with Gasteiger partial charge in [-0.25, -0.2) is 0 Å². The summed E-state index contributed by atoms with van der Waals surface area (Å²) in [6, 6.07) is 1.92. The molecule has 150 valence electrons. The third kappa shape index (κ3) is 5.44. The second-order valence-corrected chi connectivity index (χ2v) is 6.82. The van der Waals surface area contributed by atoms with Crippen LogP contribution in [0.1, 0.15) is 35.6 Å². The lowest BCUT2D eigenvalue weighted by Crippen LogP contribution is -2.52. The molecule has 0 aliphatic carbocycles. The molecule has 1 aliphatic heterocycles. The Morgan fingerprint density at radius 2 is 2.00 bits per heavy atom. The zero-order valence-electron chi connectivity index (χ0n) is 16.4. The Morgan fingerprint density at radius 1 is 1.26 bits per heavy atom. The van der Waals surface area contributed by atoms with Crippen molar-refractivity contribution in [3.8, 4) is 0 Å². The van der Waals surface area contributed by atoms with Crippen molar-refractivity contribution >= 4 is 29.9 Å². The number of aromatic nitrogens is 2. The molecule has 3 heterocycles. The van der Waals surface area contributed by atoms with Crippen molar-refractivity contribution in [2.24, 2.45) is 4.99 Å². The van der Waals surface area contributed by atoms with Crippen molar-refractivity contribution in [3.05, 3.63) is 35.0 Å². The van der Waals surface area contributed by atoms with Gasteiger partial charge in [0.05, 0.1) is 11.4 Å². The van der Waals surface area contributed by atoms with E-state index in [4.69, 9.17) is 9.05 Å². The van der Waals surface area contributed by atoms with E-state index in [1.807, 2.05) is 27.0 Å². The Morgan fingerprint density at radius 3 is 2.56 bits per heavy atom. The van der Waals surface area contributed by atoms with Crippen molar-refractivity contribution in [3.63, 3.8) is 0 Å². The van der Waals surface area contributed by atoms with Gasteiger partial charge < -0.3 is 19.3 Å². The quantitative estimate of drug-likeness (QED) is 0.393. The SMILES string of the molecule is CN=C(NCC(C)c1c(C)noc1C)N1CCN(Cc2ccon2)CC1.I. The van der Waals surface area contributed by atoms with Crippen molar-refractivity contribution in [2.75, 3.05) is 39.8 Å². The molecule has 2 aromatic rings. The molecule has 1 N–H and O–H groups in total. The van der Waals surface area contributed by atoms with Gasteiger partial charge in [0.25, 0.3) is 0 Å². The van der Waals surface area contributed by atoms with E-state index in [1.54, 1.807) is 6.26 Å². The van der Waals surface area contributed by atoms with Gasteiger partial charge in [0, 0.05) is 63.9 Å². The molecule has 0 radical (unpaired) electrons. The summed E-state index contributed by atoms with van der Waals surface area (Å²) in [7, 11) is 1.84. The minimum atomic E-state index is 0. The van der Waals surface area contributed by atoms with Gasteiger partial charge >= 0.3 is 0 Å². The van der Waals surface area contributed by atoms with Gasteiger partial charge in [-0.1, -0.05) is 17.2 Å². The average Bonchev–Trinajstić information content (AvgIpc) is 3.26. The molecule has 1 saturated heterocycles. The van der Waals surface area contributed by atoms with Crippen LogP contribution in [0.15, 0.2) is 26.4 Å². The Hall–Kier alpha value is -1.62. The lowest BCUT2D eigenvalue weighted by Gasteiger charge is -2.36. The molecule has 0 bridgehead atoms. The number of aliphatic imine (C=N–C) groups is 1. The van der Waals surface area contributed by atoms with Gasteiger partial charge in [-0.2, -0.15) is 0 Å². The van der Waals surface area contributed by atoms with Crippen molar-refractivity contribution in [1.82, 2.24) is 25.4 Å². The highest BCUT2D eigenvalue weighted by molar-refractivity contribution is 14.0. The van der Waals surface area contributed by atoms with Gasteiger partial charge in [-0.3, -0.25) is 9.89 Å². The summed E-state index contributed by atoms with van der Waals surface area (Å²) in [6.45, 7) is 11.6. The average molecular weight is 488 g/mol. The van der Waals surface area contributed by atoms with Crippen LogP contribution in [0.2, 0.25) is 0 Å². The zero-order valence-corrected chi connectivity index (χ0v) is 18.8. The van der Waals surface area contributed by atoms with Gasteiger partial charge in [-0.15, -0.1) is 24.0 Å². The van der Waals surface area contributed by atoms with Gasteiger partial charge in [0.15, 0.2) is 5.96 Å². The predicted octanol–water partition coefficient (Wildman–Crippen LogP) is 2.39. The molecule has 1 atom stereocenters. The van der Waals surface area contributed by atoms with E-state index in [9.17, 15) is 0 Å². The first kappa shape index (κ1) is 21.7. The molecule has 2 aromatic heterocycles. The van der Waals surface area contributed by atoms with E-state index >= 15 is 0 Å². The van der Waals surface area contributed by atoms with Crippen LogP contribution in [0.5, 0.6) is 0 Å². The maximum absolute atomic E-state index is 5.28. The fourth-order valence-electron chi connectivity index (χ4n) is 3.54. The molecule has 3 rings (SSSR count). The third-order valence-corrected chi connectivity index (χ3v) is 4.91. The Bertz CT molecular complexity index is 703. The Kier molecular flexibility index (Phi) is 8.08. The van der Waals surface area contributed by atoms with Gasteiger partial charge in [0.1, 0.15) is 12.0 Å². The number of nitrogens with zero attached hydrogens (tertiary/aromatic N) is 5. The first-order valence-corrected chi connectivity index (χ1v) is 9.08. The fourth-order valence-corrected chi connectivity index (χ4v) is 3.54. The monoisotopic (exact) mass is 488 g/mol. The summed E-state index contributed by atoms with van der Waals surface area (Å²) < 4.78 is 10.2. The Labute approximate surface area is 177 Å². The number of nitrogens with one attached hydrogen (secondary N) is 1. The first-order chi connectivity index (χ1) is 12.6. The largest absolute Gasteiger partial charge is 0.364 e. The molecule has 0 saturated carbocycles. The van der Waals surface area contributed by atoms with E-state index in [0.29, 0.717) is 5.92 Å². The number of aryl methyl sites for hydroxylation is 2. The molecule has 27 heavy (non-hydrogen) atoms. The van der Waals surface area contributed by atoms with Crippen LogP contribution in [0.4, 0.5) is 0 Å². The number of guanidine groups is 1. The van der Waals surface area contributed by atoms with E-state index in [1.165, 1.54) is 5.56 Å². The molecular weight excluding hydrogens is 459 g/mol. The molecule has 8 nitrogen and oxygen atoms in total. The molecule has 1 fully saturated rings. The molecular formula is C18H29IN6O2. The van der Waals surface area contributed by atoms with E-state index in [2.05, 4.69) is 37.3 Å². The minimum Gasteiger partial charge on any atom is -0.364 e. The van der Waals surface area contributed by atoms with Crippen LogP contribution in [-0.4, -0.2) is 65.8 Å². The number of rotatable bonds is 5. The summed E-state index contributed by atoms with van der Waals surface area (Å²) in [6.07, 6.45) is 1.62. The molecule has 1 aliphatic rings. The van der Waals surface area contributed by atoms with Crippen LogP contribution in [-0.2, 0) is 6.54 Å². The molecule has 0 spiro atoms. The summed E-state index contributed by atoms with van der Waals surface area (Å²) in [5.41, 5.74) is 3.13. The van der Waals surface area contributed by atoms with Crippen molar-refractivity contribution in [2.45, 2.75) is 33.2 Å². The smallest absolute Gasteiger partial charge is 0.193 e. The minimum absolute atomic E-state index is 0. The van der Waals surface area contributed by atoms with E-state index in [0.717, 1.165) is 62.4 Å². The summed E-state index contributed by atoms with van der Waals surface area (Å²) in [4.78, 5) is 9.15. The highest BCUT2D eigenvalue weighted by Crippen LogP contribution is 2.22. The maximum atomic E-state index is 5.28. The van der Waals surface area contributed by atoms with Crippen LogP contribution in [0, 0.1) is 13.8 Å². The predicted molar refractivity (Wildman–Crippen MR) is 115 cm³/mol. The van der Waals surface area contributed by atoms with E-state index in [-0.39, 0.29) is 24.0 Å². The topological polar surface area (TPSA) is 82.9 Å². The number of halogens is 1. The molecule has 0 aromatic carbocycles. The maximum Gasteiger partial charge on any atom is 0.193 e. The van der Waals surface area contributed by atoms with Gasteiger partial charge in [-0.05, 0) is 13.8 Å². The molecule has 0 amide bonds. The number of hydrogen-bond acceptors (Lipinski definition) is 6.